The molecule has 0 bridgehead atoms. The number of aryl methyl sites for hydroxylation is 1. The Bertz CT molecular complexity index is 739. The fraction of sp³-hybridized carbons (Fsp3) is 0.316. The zero-order valence-corrected chi connectivity index (χ0v) is 14.8. The second-order valence-electron chi connectivity index (χ2n) is 6.10. The predicted octanol–water partition coefficient (Wildman–Crippen LogP) is 4.31. The standard InChI is InChI=1S/C19H22ClN3O/c1-14-6-5-9-18(15(14)2)22-10-12-23(13-11-22)19(24)21-17-8-4-3-7-16(17)20/h3-9H,10-13H2,1-2H3,(H,21,24). The Labute approximate surface area is 148 Å². The molecule has 1 heterocycles. The number of nitrogens with one attached hydrogen (secondary N) is 1. The average molecular weight is 344 g/mol. The molecule has 2 aromatic rings. The van der Waals surface area contributed by atoms with E-state index in [4.69, 9.17) is 11.6 Å². The molecule has 0 radical (unpaired) electrons. The summed E-state index contributed by atoms with van der Waals surface area (Å²) in [4.78, 5) is 16.6. The number of rotatable bonds is 2. The van der Waals surface area contributed by atoms with Crippen LogP contribution in [0, 0.1) is 13.8 Å². The number of carbonyl (C=O) groups excluding carboxylic acids is 1. The van der Waals surface area contributed by atoms with E-state index >= 15 is 0 Å². The molecule has 0 aliphatic carbocycles. The Morgan fingerprint density at radius 2 is 1.71 bits per heavy atom. The second kappa shape index (κ2) is 7.14. The molecule has 4 nitrogen and oxygen atoms in total. The fourth-order valence-electron chi connectivity index (χ4n) is 2.99. The maximum absolute atomic E-state index is 12.4. The van der Waals surface area contributed by atoms with Crippen LogP contribution in [0.1, 0.15) is 11.1 Å². The van der Waals surface area contributed by atoms with Crippen molar-refractivity contribution in [1.29, 1.82) is 0 Å². The van der Waals surface area contributed by atoms with Gasteiger partial charge in [0.05, 0.1) is 10.7 Å². The Balaban J connectivity index is 1.62. The van der Waals surface area contributed by atoms with E-state index in [1.54, 1.807) is 6.07 Å². The molecule has 0 aromatic heterocycles. The first-order valence-electron chi connectivity index (χ1n) is 8.18. The van der Waals surface area contributed by atoms with Gasteiger partial charge >= 0.3 is 6.03 Å². The lowest BCUT2D eigenvalue weighted by atomic mass is 10.1. The summed E-state index contributed by atoms with van der Waals surface area (Å²) in [7, 11) is 0. The Kier molecular flexibility index (Phi) is 4.95. The quantitative estimate of drug-likeness (QED) is 0.881. The summed E-state index contributed by atoms with van der Waals surface area (Å²) in [6, 6.07) is 13.6. The minimum Gasteiger partial charge on any atom is -0.368 e. The number of halogens is 1. The summed E-state index contributed by atoms with van der Waals surface area (Å²) in [5.41, 5.74) is 4.53. The normalized spacial score (nSPS) is 14.6. The molecule has 1 saturated heterocycles. The van der Waals surface area contributed by atoms with E-state index in [-0.39, 0.29) is 6.03 Å². The van der Waals surface area contributed by atoms with E-state index in [0.717, 1.165) is 13.1 Å². The number of hydrogen-bond donors (Lipinski definition) is 1. The smallest absolute Gasteiger partial charge is 0.322 e. The van der Waals surface area contributed by atoms with E-state index in [1.165, 1.54) is 16.8 Å². The number of para-hydroxylation sites is 1. The maximum atomic E-state index is 12.4. The molecule has 2 amide bonds. The first kappa shape index (κ1) is 16.7. The largest absolute Gasteiger partial charge is 0.368 e. The first-order valence-corrected chi connectivity index (χ1v) is 8.55. The van der Waals surface area contributed by atoms with Crippen LogP contribution >= 0.6 is 11.6 Å². The third-order valence-electron chi connectivity index (χ3n) is 4.60. The number of urea groups is 1. The van der Waals surface area contributed by atoms with Gasteiger partial charge in [0.25, 0.3) is 0 Å². The third kappa shape index (κ3) is 3.49. The van der Waals surface area contributed by atoms with Gasteiger partial charge in [-0.3, -0.25) is 0 Å². The van der Waals surface area contributed by atoms with Gasteiger partial charge in [0.2, 0.25) is 0 Å². The molecule has 0 atom stereocenters. The van der Waals surface area contributed by atoms with Crippen LogP contribution in [0.25, 0.3) is 0 Å². The number of anilines is 2. The zero-order valence-electron chi connectivity index (χ0n) is 14.1. The number of nitrogens with zero attached hydrogens (tertiary/aromatic N) is 2. The van der Waals surface area contributed by atoms with Crippen molar-refractivity contribution in [3.8, 4) is 0 Å². The van der Waals surface area contributed by atoms with Crippen molar-refractivity contribution in [1.82, 2.24) is 4.90 Å². The molecule has 1 aliphatic rings. The molecule has 1 aliphatic heterocycles. The van der Waals surface area contributed by atoms with Gasteiger partial charge in [-0.1, -0.05) is 35.9 Å². The molecule has 1 fully saturated rings. The van der Waals surface area contributed by atoms with Crippen LogP contribution in [0.5, 0.6) is 0 Å². The van der Waals surface area contributed by atoms with Crippen LogP contribution in [-0.4, -0.2) is 37.1 Å². The third-order valence-corrected chi connectivity index (χ3v) is 4.93. The summed E-state index contributed by atoms with van der Waals surface area (Å²) in [5.74, 6) is 0. The summed E-state index contributed by atoms with van der Waals surface area (Å²) >= 11 is 6.10. The molecule has 3 rings (SSSR count). The van der Waals surface area contributed by atoms with E-state index in [0.29, 0.717) is 23.8 Å². The molecule has 24 heavy (non-hydrogen) atoms. The monoisotopic (exact) mass is 343 g/mol. The lowest BCUT2D eigenvalue weighted by molar-refractivity contribution is 0.208. The minimum atomic E-state index is -0.0938. The summed E-state index contributed by atoms with van der Waals surface area (Å²) in [6.45, 7) is 7.35. The molecule has 0 unspecified atom stereocenters. The number of benzene rings is 2. The predicted molar refractivity (Wildman–Crippen MR) is 100 cm³/mol. The van der Waals surface area contributed by atoms with Crippen molar-refractivity contribution in [2.75, 3.05) is 36.4 Å². The van der Waals surface area contributed by atoms with Gasteiger partial charge in [0.1, 0.15) is 0 Å². The van der Waals surface area contributed by atoms with Crippen LogP contribution < -0.4 is 10.2 Å². The Morgan fingerprint density at radius 1 is 1.00 bits per heavy atom. The van der Waals surface area contributed by atoms with Gasteiger partial charge in [0, 0.05) is 31.9 Å². The average Bonchev–Trinajstić information content (AvgIpc) is 2.59. The van der Waals surface area contributed by atoms with Crippen molar-refractivity contribution in [3.05, 3.63) is 58.6 Å². The van der Waals surface area contributed by atoms with E-state index in [1.807, 2.05) is 23.1 Å². The highest BCUT2D eigenvalue weighted by molar-refractivity contribution is 6.33. The highest BCUT2D eigenvalue weighted by Gasteiger charge is 2.22. The molecule has 0 saturated carbocycles. The summed E-state index contributed by atoms with van der Waals surface area (Å²) in [6.07, 6.45) is 0. The van der Waals surface area contributed by atoms with Crippen molar-refractivity contribution in [2.24, 2.45) is 0 Å². The van der Waals surface area contributed by atoms with Gasteiger partial charge < -0.3 is 15.1 Å². The van der Waals surface area contributed by atoms with Gasteiger partial charge in [-0.05, 0) is 43.2 Å². The van der Waals surface area contributed by atoms with Crippen LogP contribution in [0.3, 0.4) is 0 Å². The van der Waals surface area contributed by atoms with Crippen LogP contribution in [0.15, 0.2) is 42.5 Å². The highest BCUT2D eigenvalue weighted by Crippen LogP contribution is 2.24. The van der Waals surface area contributed by atoms with Crippen LogP contribution in [-0.2, 0) is 0 Å². The molecular formula is C19H22ClN3O. The molecule has 1 N–H and O–H groups in total. The lowest BCUT2D eigenvalue weighted by Gasteiger charge is -2.37. The van der Waals surface area contributed by atoms with E-state index in [2.05, 4.69) is 42.3 Å². The highest BCUT2D eigenvalue weighted by atomic mass is 35.5. The number of carbonyl (C=O) groups is 1. The Morgan fingerprint density at radius 3 is 2.42 bits per heavy atom. The molecule has 0 spiro atoms. The molecule has 5 heteroatoms. The van der Waals surface area contributed by atoms with Crippen LogP contribution in [0.2, 0.25) is 5.02 Å². The van der Waals surface area contributed by atoms with Crippen molar-refractivity contribution in [2.45, 2.75) is 13.8 Å². The zero-order chi connectivity index (χ0) is 17.1. The topological polar surface area (TPSA) is 35.6 Å². The van der Waals surface area contributed by atoms with Crippen molar-refractivity contribution < 1.29 is 4.79 Å². The molecule has 126 valence electrons. The SMILES string of the molecule is Cc1cccc(N2CCN(C(=O)Nc3ccccc3Cl)CC2)c1C. The van der Waals surface area contributed by atoms with Gasteiger partial charge in [-0.15, -0.1) is 0 Å². The summed E-state index contributed by atoms with van der Waals surface area (Å²) in [5, 5.41) is 3.45. The molecular weight excluding hydrogens is 322 g/mol. The molecule has 2 aromatic carbocycles. The maximum Gasteiger partial charge on any atom is 0.322 e. The van der Waals surface area contributed by atoms with E-state index < -0.39 is 0 Å². The van der Waals surface area contributed by atoms with Crippen molar-refractivity contribution >= 4 is 29.0 Å². The Hall–Kier alpha value is -2.20. The number of amides is 2. The van der Waals surface area contributed by atoms with Gasteiger partial charge in [-0.25, -0.2) is 4.79 Å². The fourth-order valence-corrected chi connectivity index (χ4v) is 3.17. The van der Waals surface area contributed by atoms with Crippen LogP contribution in [0.4, 0.5) is 16.2 Å². The number of hydrogen-bond acceptors (Lipinski definition) is 2. The minimum absolute atomic E-state index is 0.0938. The van der Waals surface area contributed by atoms with Gasteiger partial charge in [-0.2, -0.15) is 0 Å². The first-order chi connectivity index (χ1) is 11.6. The lowest BCUT2D eigenvalue weighted by Crippen LogP contribution is -2.50. The van der Waals surface area contributed by atoms with Crippen molar-refractivity contribution in [3.63, 3.8) is 0 Å². The number of piperazine rings is 1. The van der Waals surface area contributed by atoms with Gasteiger partial charge in [0.15, 0.2) is 0 Å². The second-order valence-corrected chi connectivity index (χ2v) is 6.51. The summed E-state index contributed by atoms with van der Waals surface area (Å²) < 4.78 is 0. The van der Waals surface area contributed by atoms with E-state index in [9.17, 15) is 4.79 Å².